The van der Waals surface area contributed by atoms with Crippen LogP contribution in [0.25, 0.3) is 11.1 Å². The van der Waals surface area contributed by atoms with Crippen LogP contribution in [0.2, 0.25) is 0 Å². The van der Waals surface area contributed by atoms with Gasteiger partial charge >= 0.3 is 0 Å². The highest BCUT2D eigenvalue weighted by Crippen LogP contribution is 2.29. The molecule has 0 fully saturated rings. The third-order valence-electron chi connectivity index (χ3n) is 3.32. The van der Waals surface area contributed by atoms with Gasteiger partial charge < -0.3 is 0 Å². The van der Waals surface area contributed by atoms with Gasteiger partial charge in [-0.3, -0.25) is 5.21 Å². The first-order valence-electron chi connectivity index (χ1n) is 6.31. The summed E-state index contributed by atoms with van der Waals surface area (Å²) >= 11 is 0. The largest absolute Gasteiger partial charge is 0.285 e. The summed E-state index contributed by atoms with van der Waals surface area (Å²) in [5.74, 6) is 0.550. The second-order valence-corrected chi connectivity index (χ2v) is 5.15. The van der Waals surface area contributed by atoms with Crippen LogP contribution in [-0.4, -0.2) is 5.21 Å². The van der Waals surface area contributed by atoms with Crippen molar-refractivity contribution in [2.75, 3.05) is 0 Å². The van der Waals surface area contributed by atoms with Crippen LogP contribution in [0, 0.1) is 13.8 Å². The van der Waals surface area contributed by atoms with Crippen LogP contribution in [0.15, 0.2) is 36.7 Å². The molecule has 0 atom stereocenters. The summed E-state index contributed by atoms with van der Waals surface area (Å²) in [7, 11) is 0. The van der Waals surface area contributed by atoms with Gasteiger partial charge in [0.15, 0.2) is 0 Å². The van der Waals surface area contributed by atoms with E-state index in [1.165, 1.54) is 22.3 Å². The molecular weight excluding hydrogens is 222 g/mol. The summed E-state index contributed by atoms with van der Waals surface area (Å²) in [4.78, 5) is 0. The van der Waals surface area contributed by atoms with E-state index in [2.05, 4.69) is 39.8 Å². The Morgan fingerprint density at radius 3 is 1.89 bits per heavy atom. The third-order valence-corrected chi connectivity index (χ3v) is 3.32. The van der Waals surface area contributed by atoms with Crippen LogP contribution in [0.1, 0.15) is 36.5 Å². The summed E-state index contributed by atoms with van der Waals surface area (Å²) in [5, 5.41) is 9.25. The average molecular weight is 242 g/mol. The number of aromatic nitrogens is 1. The van der Waals surface area contributed by atoms with E-state index in [0.29, 0.717) is 5.92 Å². The minimum Gasteiger partial charge on any atom is -0.285 e. The zero-order valence-electron chi connectivity index (χ0n) is 11.4. The van der Waals surface area contributed by atoms with Crippen LogP contribution < -0.4 is 4.73 Å². The molecule has 0 radical (unpaired) electrons. The van der Waals surface area contributed by atoms with E-state index in [4.69, 9.17) is 0 Å². The maximum atomic E-state index is 9.25. The van der Waals surface area contributed by atoms with Crippen molar-refractivity contribution in [1.29, 1.82) is 0 Å². The quantitative estimate of drug-likeness (QED) is 0.631. The molecule has 0 spiro atoms. The molecule has 1 aromatic heterocycles. The number of hydrogen-bond donors (Lipinski definition) is 1. The predicted molar refractivity (Wildman–Crippen MR) is 72.8 cm³/mol. The van der Waals surface area contributed by atoms with Gasteiger partial charge in [0.25, 0.3) is 0 Å². The van der Waals surface area contributed by atoms with Crippen molar-refractivity contribution < 1.29 is 9.94 Å². The van der Waals surface area contributed by atoms with Gasteiger partial charge in [0.2, 0.25) is 12.4 Å². The summed E-state index contributed by atoms with van der Waals surface area (Å²) in [6, 6.07) is 8.28. The van der Waals surface area contributed by atoms with Gasteiger partial charge in [-0.25, -0.2) is 0 Å². The van der Waals surface area contributed by atoms with Crippen molar-refractivity contribution in [3.63, 3.8) is 0 Å². The number of hydrogen-bond acceptors (Lipinski definition) is 1. The van der Waals surface area contributed by atoms with Crippen molar-refractivity contribution in [3.8, 4) is 11.1 Å². The monoisotopic (exact) mass is 242 g/mol. The van der Waals surface area contributed by atoms with Gasteiger partial charge in [-0.15, -0.1) is 0 Å². The lowest BCUT2D eigenvalue weighted by Gasteiger charge is -2.15. The fourth-order valence-electron chi connectivity index (χ4n) is 2.66. The van der Waals surface area contributed by atoms with Crippen molar-refractivity contribution in [2.24, 2.45) is 0 Å². The van der Waals surface area contributed by atoms with Gasteiger partial charge in [-0.05, 0) is 47.6 Å². The standard InChI is InChI=1S/C16H20NO/c1-11(2)16-12(3)9-15(10-13(16)4)14-5-7-17(18)8-6-14/h5-11,18H,1-4H3/q+1. The van der Waals surface area contributed by atoms with Crippen molar-refractivity contribution in [2.45, 2.75) is 33.6 Å². The maximum absolute atomic E-state index is 9.25. The molecule has 18 heavy (non-hydrogen) atoms. The lowest BCUT2D eigenvalue weighted by molar-refractivity contribution is -0.904. The molecule has 0 bridgehead atoms. The van der Waals surface area contributed by atoms with Gasteiger partial charge in [0.05, 0.1) is 0 Å². The minimum absolute atomic E-state index is 0.550. The first kappa shape index (κ1) is 12.6. The first-order chi connectivity index (χ1) is 8.49. The molecule has 0 saturated carbocycles. The van der Waals surface area contributed by atoms with Gasteiger partial charge in [-0.2, -0.15) is 0 Å². The number of pyridine rings is 1. The molecule has 0 amide bonds. The van der Waals surface area contributed by atoms with Crippen LogP contribution >= 0.6 is 0 Å². The van der Waals surface area contributed by atoms with Crippen molar-refractivity contribution in [3.05, 3.63) is 53.3 Å². The van der Waals surface area contributed by atoms with Crippen molar-refractivity contribution >= 4 is 0 Å². The van der Waals surface area contributed by atoms with E-state index in [0.717, 1.165) is 10.3 Å². The molecule has 1 heterocycles. The lowest BCUT2D eigenvalue weighted by Crippen LogP contribution is -2.27. The molecule has 0 saturated heterocycles. The van der Waals surface area contributed by atoms with Crippen LogP contribution in [0.3, 0.4) is 0 Å². The lowest BCUT2D eigenvalue weighted by atomic mass is 9.90. The smallest absolute Gasteiger partial charge is 0.222 e. The molecule has 0 aliphatic rings. The molecule has 2 aromatic rings. The van der Waals surface area contributed by atoms with E-state index in [9.17, 15) is 5.21 Å². The van der Waals surface area contributed by atoms with Gasteiger partial charge in [0, 0.05) is 16.9 Å². The van der Waals surface area contributed by atoms with E-state index >= 15 is 0 Å². The SMILES string of the molecule is Cc1cc(-c2cc[n+](O)cc2)cc(C)c1C(C)C. The van der Waals surface area contributed by atoms with Gasteiger partial charge in [-0.1, -0.05) is 26.0 Å². The van der Waals surface area contributed by atoms with Crippen molar-refractivity contribution in [1.82, 2.24) is 0 Å². The molecule has 0 aliphatic carbocycles. The highest BCUT2D eigenvalue weighted by atomic mass is 16.5. The zero-order chi connectivity index (χ0) is 13.3. The molecule has 2 heteroatoms. The number of nitrogens with zero attached hydrogens (tertiary/aromatic N) is 1. The molecule has 94 valence electrons. The van der Waals surface area contributed by atoms with Gasteiger partial charge in [0.1, 0.15) is 0 Å². The number of benzene rings is 1. The highest BCUT2D eigenvalue weighted by molar-refractivity contribution is 5.65. The fraction of sp³-hybridized carbons (Fsp3) is 0.312. The van der Waals surface area contributed by atoms with Crippen LogP contribution in [0.5, 0.6) is 0 Å². The van der Waals surface area contributed by atoms with E-state index < -0.39 is 0 Å². The second kappa shape index (κ2) is 4.81. The van der Waals surface area contributed by atoms with E-state index in [1.54, 1.807) is 12.4 Å². The molecular formula is C16H20NO+. The molecule has 1 N–H and O–H groups in total. The van der Waals surface area contributed by atoms with Crippen LogP contribution in [-0.2, 0) is 0 Å². The molecule has 1 aromatic carbocycles. The summed E-state index contributed by atoms with van der Waals surface area (Å²) < 4.78 is 1.06. The third kappa shape index (κ3) is 2.37. The Balaban J connectivity index is 2.51. The molecule has 2 rings (SSSR count). The Hall–Kier alpha value is -1.83. The molecule has 0 unspecified atom stereocenters. The average Bonchev–Trinajstić information content (AvgIpc) is 2.28. The maximum Gasteiger partial charge on any atom is 0.222 e. The predicted octanol–water partition coefficient (Wildman–Crippen LogP) is 3.62. The topological polar surface area (TPSA) is 24.1 Å². The Labute approximate surface area is 108 Å². The Kier molecular flexibility index (Phi) is 3.37. The number of rotatable bonds is 2. The first-order valence-corrected chi connectivity index (χ1v) is 6.31. The highest BCUT2D eigenvalue weighted by Gasteiger charge is 2.10. The Morgan fingerprint density at radius 1 is 0.944 bits per heavy atom. The van der Waals surface area contributed by atoms with Crippen LogP contribution in [0.4, 0.5) is 0 Å². The van der Waals surface area contributed by atoms with E-state index in [1.807, 2.05) is 12.1 Å². The minimum atomic E-state index is 0.550. The second-order valence-electron chi connectivity index (χ2n) is 5.15. The molecule has 0 aliphatic heterocycles. The Bertz CT molecular complexity index is 533. The summed E-state index contributed by atoms with van der Waals surface area (Å²) in [6.07, 6.45) is 3.30. The normalized spacial score (nSPS) is 10.9. The van der Waals surface area contributed by atoms with E-state index in [-0.39, 0.29) is 0 Å². The zero-order valence-corrected chi connectivity index (χ0v) is 11.4. The Morgan fingerprint density at radius 2 is 1.44 bits per heavy atom. The number of aryl methyl sites for hydroxylation is 2. The fourth-order valence-corrected chi connectivity index (χ4v) is 2.66. The summed E-state index contributed by atoms with van der Waals surface area (Å²) in [5.41, 5.74) is 6.44. The molecule has 2 nitrogen and oxygen atoms in total. The summed E-state index contributed by atoms with van der Waals surface area (Å²) in [6.45, 7) is 8.79.